The van der Waals surface area contributed by atoms with Crippen molar-refractivity contribution in [3.8, 4) is 22.6 Å². The SMILES string of the molecule is C=CC(=O)N(c1ccc(-c2ccccc2)cn1)c1ccc(Br)c2c1OCO2. The summed E-state index contributed by atoms with van der Waals surface area (Å²) >= 11 is 3.43. The van der Waals surface area contributed by atoms with E-state index in [9.17, 15) is 4.79 Å². The summed E-state index contributed by atoms with van der Waals surface area (Å²) in [7, 11) is 0. The van der Waals surface area contributed by atoms with Crippen molar-refractivity contribution in [2.75, 3.05) is 11.7 Å². The molecule has 134 valence electrons. The molecule has 1 aromatic heterocycles. The van der Waals surface area contributed by atoms with Crippen LogP contribution in [0.15, 0.2) is 77.9 Å². The second-order valence-electron chi connectivity index (χ2n) is 5.78. The van der Waals surface area contributed by atoms with Gasteiger partial charge in [-0.25, -0.2) is 4.98 Å². The van der Waals surface area contributed by atoms with Crippen LogP contribution >= 0.6 is 15.9 Å². The Balaban J connectivity index is 1.77. The van der Waals surface area contributed by atoms with Gasteiger partial charge >= 0.3 is 0 Å². The van der Waals surface area contributed by atoms with E-state index in [-0.39, 0.29) is 12.7 Å². The maximum Gasteiger partial charge on any atom is 0.256 e. The molecule has 3 aromatic rings. The van der Waals surface area contributed by atoms with Gasteiger partial charge in [-0.05, 0) is 51.8 Å². The lowest BCUT2D eigenvalue weighted by Crippen LogP contribution is -2.25. The number of rotatable bonds is 4. The molecule has 4 rings (SSSR count). The molecule has 2 aromatic carbocycles. The number of pyridine rings is 1. The van der Waals surface area contributed by atoms with E-state index in [0.717, 1.165) is 15.6 Å². The van der Waals surface area contributed by atoms with Crippen LogP contribution in [0.4, 0.5) is 11.5 Å². The highest BCUT2D eigenvalue weighted by Crippen LogP contribution is 2.47. The number of nitrogens with zero attached hydrogens (tertiary/aromatic N) is 2. The summed E-state index contributed by atoms with van der Waals surface area (Å²) in [5, 5.41) is 0. The molecular weight excluding hydrogens is 408 g/mol. The van der Waals surface area contributed by atoms with E-state index >= 15 is 0 Å². The molecule has 5 nitrogen and oxygen atoms in total. The number of hydrogen-bond donors (Lipinski definition) is 0. The number of carbonyl (C=O) groups excluding carboxylic acids is 1. The Morgan fingerprint density at radius 2 is 1.81 bits per heavy atom. The van der Waals surface area contributed by atoms with E-state index in [1.165, 1.54) is 11.0 Å². The van der Waals surface area contributed by atoms with Gasteiger partial charge in [0, 0.05) is 11.8 Å². The lowest BCUT2D eigenvalue weighted by molar-refractivity contribution is -0.113. The third-order valence-electron chi connectivity index (χ3n) is 4.17. The summed E-state index contributed by atoms with van der Waals surface area (Å²) < 4.78 is 11.8. The Labute approximate surface area is 165 Å². The van der Waals surface area contributed by atoms with Crippen LogP contribution in [0.1, 0.15) is 0 Å². The average molecular weight is 423 g/mol. The fourth-order valence-electron chi connectivity index (χ4n) is 2.89. The summed E-state index contributed by atoms with van der Waals surface area (Å²) in [6.45, 7) is 3.71. The first-order valence-electron chi connectivity index (χ1n) is 8.25. The number of benzene rings is 2. The topological polar surface area (TPSA) is 51.7 Å². The Morgan fingerprint density at radius 1 is 1.04 bits per heavy atom. The van der Waals surface area contributed by atoms with Crippen LogP contribution in [-0.2, 0) is 4.79 Å². The van der Waals surface area contributed by atoms with Gasteiger partial charge in [-0.3, -0.25) is 9.69 Å². The Morgan fingerprint density at radius 3 is 2.52 bits per heavy atom. The zero-order valence-electron chi connectivity index (χ0n) is 14.3. The first kappa shape index (κ1) is 17.3. The number of halogens is 1. The molecule has 0 spiro atoms. The molecule has 2 heterocycles. The maximum atomic E-state index is 12.6. The van der Waals surface area contributed by atoms with Gasteiger partial charge < -0.3 is 9.47 Å². The number of hydrogen-bond acceptors (Lipinski definition) is 4. The van der Waals surface area contributed by atoms with Gasteiger partial charge in [0.2, 0.25) is 6.79 Å². The molecular formula is C21H15BrN2O3. The number of amides is 1. The van der Waals surface area contributed by atoms with E-state index in [4.69, 9.17) is 9.47 Å². The Kier molecular flexibility index (Phi) is 4.64. The predicted molar refractivity (Wildman–Crippen MR) is 107 cm³/mol. The maximum absolute atomic E-state index is 12.6. The number of ether oxygens (including phenoxy) is 2. The molecule has 0 fully saturated rings. The number of fused-ring (bicyclic) bond motifs is 1. The first-order valence-corrected chi connectivity index (χ1v) is 9.04. The average Bonchev–Trinajstić information content (AvgIpc) is 3.22. The summed E-state index contributed by atoms with van der Waals surface area (Å²) in [6.07, 6.45) is 2.99. The molecule has 0 atom stereocenters. The number of carbonyl (C=O) groups is 1. The van der Waals surface area contributed by atoms with E-state index in [1.54, 1.807) is 18.3 Å². The quantitative estimate of drug-likeness (QED) is 0.549. The second-order valence-corrected chi connectivity index (χ2v) is 6.63. The van der Waals surface area contributed by atoms with Gasteiger partial charge in [-0.15, -0.1) is 0 Å². The third kappa shape index (κ3) is 3.19. The molecule has 1 aliphatic rings. The zero-order chi connectivity index (χ0) is 18.8. The second kappa shape index (κ2) is 7.25. The minimum absolute atomic E-state index is 0.0987. The normalized spacial score (nSPS) is 11.9. The number of aromatic nitrogens is 1. The highest BCUT2D eigenvalue weighted by Gasteiger charge is 2.28. The van der Waals surface area contributed by atoms with Crippen molar-refractivity contribution in [3.63, 3.8) is 0 Å². The van der Waals surface area contributed by atoms with Crippen molar-refractivity contribution < 1.29 is 14.3 Å². The highest BCUT2D eigenvalue weighted by molar-refractivity contribution is 9.10. The van der Waals surface area contributed by atoms with Gasteiger partial charge in [-0.1, -0.05) is 36.9 Å². The van der Waals surface area contributed by atoms with E-state index in [1.807, 2.05) is 42.5 Å². The summed E-state index contributed by atoms with van der Waals surface area (Å²) in [6, 6.07) is 17.2. The van der Waals surface area contributed by atoms with Gasteiger partial charge in [0.05, 0.1) is 10.2 Å². The van der Waals surface area contributed by atoms with E-state index < -0.39 is 0 Å². The molecule has 0 N–H and O–H groups in total. The summed E-state index contributed by atoms with van der Waals surface area (Å²) in [4.78, 5) is 18.6. The van der Waals surface area contributed by atoms with E-state index in [2.05, 4.69) is 27.5 Å². The van der Waals surface area contributed by atoms with Crippen molar-refractivity contribution in [2.24, 2.45) is 0 Å². The van der Waals surface area contributed by atoms with Crippen molar-refractivity contribution in [2.45, 2.75) is 0 Å². The van der Waals surface area contributed by atoms with Crippen LogP contribution in [0.2, 0.25) is 0 Å². The fourth-order valence-corrected chi connectivity index (χ4v) is 3.32. The van der Waals surface area contributed by atoms with Gasteiger partial charge in [0.1, 0.15) is 5.82 Å². The smallest absolute Gasteiger partial charge is 0.256 e. The molecule has 0 unspecified atom stereocenters. The molecule has 0 radical (unpaired) electrons. The van der Waals surface area contributed by atoms with Crippen LogP contribution in [0.25, 0.3) is 11.1 Å². The van der Waals surface area contributed by atoms with Crippen LogP contribution in [0.5, 0.6) is 11.5 Å². The molecule has 1 aliphatic heterocycles. The van der Waals surface area contributed by atoms with Crippen molar-refractivity contribution in [3.05, 3.63) is 77.9 Å². The number of anilines is 2. The van der Waals surface area contributed by atoms with Crippen LogP contribution < -0.4 is 14.4 Å². The largest absolute Gasteiger partial charge is 0.452 e. The molecule has 0 saturated carbocycles. The molecule has 27 heavy (non-hydrogen) atoms. The monoisotopic (exact) mass is 422 g/mol. The zero-order valence-corrected chi connectivity index (χ0v) is 15.8. The minimum Gasteiger partial charge on any atom is -0.452 e. The van der Waals surface area contributed by atoms with Crippen LogP contribution in [0, 0.1) is 0 Å². The Hall–Kier alpha value is -3.12. The Bertz CT molecular complexity index is 1000. The highest BCUT2D eigenvalue weighted by atomic mass is 79.9. The molecule has 0 saturated heterocycles. The third-order valence-corrected chi connectivity index (χ3v) is 4.79. The molecule has 1 amide bonds. The fraction of sp³-hybridized carbons (Fsp3) is 0.0476. The van der Waals surface area contributed by atoms with Gasteiger partial charge in [0.25, 0.3) is 5.91 Å². The van der Waals surface area contributed by atoms with Crippen molar-refractivity contribution in [1.82, 2.24) is 4.98 Å². The lowest BCUT2D eigenvalue weighted by atomic mass is 10.1. The van der Waals surface area contributed by atoms with Crippen molar-refractivity contribution >= 4 is 33.3 Å². The van der Waals surface area contributed by atoms with Crippen molar-refractivity contribution in [1.29, 1.82) is 0 Å². The summed E-state index contributed by atoms with van der Waals surface area (Å²) in [5.74, 6) is 1.22. The standard InChI is InChI=1S/C21H15BrN2O3/c1-2-19(25)24(17-10-9-16(22)20-21(17)27-13-26-20)18-11-8-15(12-23-18)14-6-4-3-5-7-14/h2-12H,1,13H2. The van der Waals surface area contributed by atoms with Gasteiger partial charge in [-0.2, -0.15) is 0 Å². The first-order chi connectivity index (χ1) is 13.2. The molecule has 0 bridgehead atoms. The summed E-state index contributed by atoms with van der Waals surface area (Å²) in [5.41, 5.74) is 2.57. The minimum atomic E-state index is -0.310. The van der Waals surface area contributed by atoms with Crippen LogP contribution in [-0.4, -0.2) is 17.7 Å². The van der Waals surface area contributed by atoms with E-state index in [0.29, 0.717) is 23.0 Å². The lowest BCUT2D eigenvalue weighted by Gasteiger charge is -2.22. The molecule has 6 heteroatoms. The molecule has 0 aliphatic carbocycles. The van der Waals surface area contributed by atoms with Gasteiger partial charge in [0.15, 0.2) is 11.5 Å². The van der Waals surface area contributed by atoms with Crippen LogP contribution in [0.3, 0.4) is 0 Å². The predicted octanol–water partition coefficient (Wildman–Crippen LogP) is 5.09.